The predicted octanol–water partition coefficient (Wildman–Crippen LogP) is 4.04. The Balaban J connectivity index is 1.33. The Hall–Kier alpha value is -3.22. The van der Waals surface area contributed by atoms with E-state index in [9.17, 15) is 9.18 Å². The van der Waals surface area contributed by atoms with Gasteiger partial charge in [-0.25, -0.2) is 4.39 Å². The maximum absolute atomic E-state index is 13.7. The van der Waals surface area contributed by atoms with E-state index in [1.165, 1.54) is 12.1 Å². The Morgan fingerprint density at radius 2 is 2.03 bits per heavy atom. The molecular weight excluding hydrogens is 385 g/mol. The summed E-state index contributed by atoms with van der Waals surface area (Å²) in [6.45, 7) is 3.11. The van der Waals surface area contributed by atoms with E-state index in [2.05, 4.69) is 10.1 Å². The molecule has 3 aromatic rings. The number of aryl methyl sites for hydroxylation is 1. The molecule has 6 nitrogen and oxygen atoms in total. The molecule has 4 rings (SSSR count). The molecule has 0 N–H and O–H groups in total. The van der Waals surface area contributed by atoms with Gasteiger partial charge in [0.2, 0.25) is 11.7 Å². The maximum Gasteiger partial charge on any atom is 0.260 e. The Bertz CT molecular complexity index is 1020. The summed E-state index contributed by atoms with van der Waals surface area (Å²) in [5.74, 6) is 0.882. The lowest BCUT2D eigenvalue weighted by molar-refractivity contribution is -0.135. The number of piperidine rings is 1. The van der Waals surface area contributed by atoms with E-state index in [1.807, 2.05) is 31.2 Å². The lowest BCUT2D eigenvalue weighted by Gasteiger charge is -2.32. The van der Waals surface area contributed by atoms with Gasteiger partial charge in [-0.2, -0.15) is 4.98 Å². The zero-order valence-corrected chi connectivity index (χ0v) is 16.9. The van der Waals surface area contributed by atoms with Gasteiger partial charge in [-0.05, 0) is 43.4 Å². The van der Waals surface area contributed by atoms with Gasteiger partial charge in [0.05, 0.1) is 0 Å². The molecule has 30 heavy (non-hydrogen) atoms. The fourth-order valence-corrected chi connectivity index (χ4v) is 3.77. The van der Waals surface area contributed by atoms with Crippen molar-refractivity contribution in [2.75, 3.05) is 19.7 Å². The summed E-state index contributed by atoms with van der Waals surface area (Å²) in [6, 6.07) is 14.0. The van der Waals surface area contributed by atoms with Gasteiger partial charge in [-0.1, -0.05) is 41.6 Å². The molecule has 1 aromatic heterocycles. The number of likely N-dealkylation sites (tertiary alicyclic amines) is 1. The van der Waals surface area contributed by atoms with Crippen LogP contribution >= 0.6 is 0 Å². The number of benzene rings is 2. The molecule has 1 amide bonds. The smallest absolute Gasteiger partial charge is 0.260 e. The number of hydrogen-bond acceptors (Lipinski definition) is 5. The van der Waals surface area contributed by atoms with Crippen LogP contribution in [0, 0.1) is 18.7 Å². The van der Waals surface area contributed by atoms with Crippen molar-refractivity contribution in [2.24, 2.45) is 5.92 Å². The van der Waals surface area contributed by atoms with Crippen LogP contribution in [0.2, 0.25) is 0 Å². The second kappa shape index (κ2) is 9.07. The van der Waals surface area contributed by atoms with Gasteiger partial charge in [-0.15, -0.1) is 0 Å². The number of halogens is 1. The molecule has 2 heterocycles. The van der Waals surface area contributed by atoms with Crippen molar-refractivity contribution in [1.29, 1.82) is 0 Å². The number of aromatic nitrogens is 2. The van der Waals surface area contributed by atoms with Crippen LogP contribution in [0.25, 0.3) is 11.4 Å². The van der Waals surface area contributed by atoms with E-state index in [4.69, 9.17) is 9.26 Å². The van der Waals surface area contributed by atoms with Crippen molar-refractivity contribution >= 4 is 5.91 Å². The van der Waals surface area contributed by atoms with E-state index in [0.717, 1.165) is 24.0 Å². The van der Waals surface area contributed by atoms with Crippen LogP contribution in [-0.2, 0) is 11.2 Å². The lowest BCUT2D eigenvalue weighted by Crippen LogP contribution is -2.42. The number of nitrogens with zero attached hydrogens (tertiary/aromatic N) is 3. The average molecular weight is 409 g/mol. The van der Waals surface area contributed by atoms with E-state index in [0.29, 0.717) is 31.2 Å². The highest BCUT2D eigenvalue weighted by atomic mass is 19.1. The van der Waals surface area contributed by atoms with Crippen LogP contribution in [0.15, 0.2) is 53.1 Å². The molecule has 0 radical (unpaired) electrons. The highest BCUT2D eigenvalue weighted by Gasteiger charge is 2.26. The van der Waals surface area contributed by atoms with Gasteiger partial charge in [0.15, 0.2) is 18.2 Å². The molecule has 1 saturated heterocycles. The Morgan fingerprint density at radius 3 is 2.87 bits per heavy atom. The summed E-state index contributed by atoms with van der Waals surface area (Å²) in [5.41, 5.74) is 2.05. The zero-order chi connectivity index (χ0) is 20.9. The number of amides is 1. The van der Waals surface area contributed by atoms with E-state index in [-0.39, 0.29) is 24.2 Å². The van der Waals surface area contributed by atoms with Crippen molar-refractivity contribution < 1.29 is 18.4 Å². The maximum atomic E-state index is 13.7. The molecule has 0 bridgehead atoms. The monoisotopic (exact) mass is 409 g/mol. The first-order valence-electron chi connectivity index (χ1n) is 10.1. The van der Waals surface area contributed by atoms with E-state index in [1.54, 1.807) is 17.0 Å². The molecule has 1 aliphatic heterocycles. The zero-order valence-electron chi connectivity index (χ0n) is 16.9. The van der Waals surface area contributed by atoms with Crippen LogP contribution in [0.5, 0.6) is 5.75 Å². The third kappa shape index (κ3) is 4.67. The summed E-state index contributed by atoms with van der Waals surface area (Å²) in [5, 5.41) is 4.12. The largest absolute Gasteiger partial charge is 0.481 e. The number of carbonyl (C=O) groups excluding carboxylic acids is 1. The molecule has 1 atom stereocenters. The van der Waals surface area contributed by atoms with Gasteiger partial charge in [0, 0.05) is 25.1 Å². The summed E-state index contributed by atoms with van der Waals surface area (Å²) in [4.78, 5) is 18.8. The fourth-order valence-electron chi connectivity index (χ4n) is 3.77. The predicted molar refractivity (Wildman–Crippen MR) is 109 cm³/mol. The minimum absolute atomic E-state index is 0.0917. The Kier molecular flexibility index (Phi) is 6.07. The third-order valence-electron chi connectivity index (χ3n) is 5.38. The Morgan fingerprint density at radius 1 is 1.23 bits per heavy atom. The molecule has 7 heteroatoms. The molecule has 0 aliphatic carbocycles. The summed E-state index contributed by atoms with van der Waals surface area (Å²) in [6.07, 6.45) is 2.51. The van der Waals surface area contributed by atoms with Gasteiger partial charge in [0.1, 0.15) is 0 Å². The summed E-state index contributed by atoms with van der Waals surface area (Å²) >= 11 is 0. The topological polar surface area (TPSA) is 68.5 Å². The fraction of sp³-hybridized carbons (Fsp3) is 0.348. The number of ether oxygens (including phenoxy) is 1. The first-order valence-corrected chi connectivity index (χ1v) is 10.1. The van der Waals surface area contributed by atoms with Crippen LogP contribution in [0.1, 0.15) is 24.3 Å². The molecule has 1 fully saturated rings. The Labute approximate surface area is 174 Å². The van der Waals surface area contributed by atoms with Crippen LogP contribution < -0.4 is 4.74 Å². The van der Waals surface area contributed by atoms with Crippen molar-refractivity contribution in [1.82, 2.24) is 15.0 Å². The molecular formula is C23H24FN3O3. The molecule has 0 spiro atoms. The standard InChI is InChI=1S/C23H24FN3O3/c1-16-7-2-3-9-18(16)23-25-21(30-26-23)13-17-8-6-12-27(14-17)22(28)15-29-20-11-5-4-10-19(20)24/h2-5,7,9-11,17H,6,8,12-15H2,1H3/t17-/m1/s1. The number of hydrogen-bond donors (Lipinski definition) is 0. The van der Waals surface area contributed by atoms with Crippen molar-refractivity contribution in [2.45, 2.75) is 26.2 Å². The first-order chi connectivity index (χ1) is 14.6. The third-order valence-corrected chi connectivity index (χ3v) is 5.38. The normalized spacial score (nSPS) is 16.5. The van der Waals surface area contributed by atoms with Crippen molar-refractivity contribution in [3.05, 3.63) is 65.8 Å². The minimum Gasteiger partial charge on any atom is -0.481 e. The highest BCUT2D eigenvalue weighted by molar-refractivity contribution is 5.77. The van der Waals surface area contributed by atoms with Gasteiger partial charge < -0.3 is 14.2 Å². The molecule has 0 saturated carbocycles. The first kappa shape index (κ1) is 20.1. The van der Waals surface area contributed by atoms with Crippen LogP contribution in [0.4, 0.5) is 4.39 Å². The van der Waals surface area contributed by atoms with E-state index >= 15 is 0 Å². The SMILES string of the molecule is Cc1ccccc1-c1noc(C[C@H]2CCCN(C(=O)COc3ccccc3F)C2)n1. The molecule has 156 valence electrons. The number of para-hydroxylation sites is 1. The van der Waals surface area contributed by atoms with Gasteiger partial charge in [0.25, 0.3) is 5.91 Å². The van der Waals surface area contributed by atoms with E-state index < -0.39 is 5.82 Å². The van der Waals surface area contributed by atoms with Crippen molar-refractivity contribution in [3.8, 4) is 17.1 Å². The minimum atomic E-state index is -0.470. The molecule has 2 aromatic carbocycles. The van der Waals surface area contributed by atoms with Crippen LogP contribution in [-0.4, -0.2) is 40.6 Å². The average Bonchev–Trinajstić information content (AvgIpc) is 3.21. The number of carbonyl (C=O) groups is 1. The summed E-state index contributed by atoms with van der Waals surface area (Å²) < 4.78 is 24.5. The second-order valence-corrected chi connectivity index (χ2v) is 7.60. The summed E-state index contributed by atoms with van der Waals surface area (Å²) in [7, 11) is 0. The quantitative estimate of drug-likeness (QED) is 0.615. The molecule has 0 unspecified atom stereocenters. The molecule has 1 aliphatic rings. The van der Waals surface area contributed by atoms with Crippen molar-refractivity contribution in [3.63, 3.8) is 0 Å². The second-order valence-electron chi connectivity index (χ2n) is 7.60. The van der Waals surface area contributed by atoms with Crippen LogP contribution in [0.3, 0.4) is 0 Å². The highest BCUT2D eigenvalue weighted by Crippen LogP contribution is 2.24. The van der Waals surface area contributed by atoms with Gasteiger partial charge in [-0.3, -0.25) is 4.79 Å². The number of rotatable bonds is 6. The lowest BCUT2D eigenvalue weighted by atomic mass is 9.94. The van der Waals surface area contributed by atoms with Gasteiger partial charge >= 0.3 is 0 Å².